The number of nitrogen functional groups attached to an aromatic ring is 1. The summed E-state index contributed by atoms with van der Waals surface area (Å²) in [5, 5.41) is 16.3. The zero-order chi connectivity index (χ0) is 24.0. The summed E-state index contributed by atoms with van der Waals surface area (Å²) in [6, 6.07) is 13.1. The van der Waals surface area contributed by atoms with E-state index in [0.29, 0.717) is 28.3 Å². The number of rotatable bonds is 5. The molecule has 11 nitrogen and oxygen atoms in total. The number of amides is 1. The normalized spacial score (nSPS) is 18.0. The first kappa shape index (κ1) is 21.3. The van der Waals surface area contributed by atoms with Gasteiger partial charge in [-0.3, -0.25) is 4.79 Å². The van der Waals surface area contributed by atoms with Crippen LogP contribution in [0.3, 0.4) is 0 Å². The van der Waals surface area contributed by atoms with Gasteiger partial charge in [-0.15, -0.1) is 5.10 Å². The van der Waals surface area contributed by atoms with Crippen molar-refractivity contribution in [1.29, 1.82) is 0 Å². The second kappa shape index (κ2) is 8.20. The summed E-state index contributed by atoms with van der Waals surface area (Å²) in [5.41, 5.74) is 6.82. The van der Waals surface area contributed by atoms with Crippen LogP contribution in [0.5, 0.6) is 0 Å². The summed E-state index contributed by atoms with van der Waals surface area (Å²) >= 11 is 0. The molecule has 1 unspecified atom stereocenters. The van der Waals surface area contributed by atoms with Gasteiger partial charge in [-0.05, 0) is 44.0 Å². The standard InChI is InChI=1S/C24H25N9O2/c1-24(15-7-3-2-4-8-15,22(34)28-16-9-5-11-26-13-16)33-21-17(14-27-33)20-29-19(18-10-6-12-35-18)31-32(20)23(25)30-21/h2-4,6-8,10,12,14,16,26H,5,9,11,13H2,1H3,(H2,25,30)(H,28,34)/t16-,24?/m0/s1. The largest absolute Gasteiger partial charge is 0.461 e. The van der Waals surface area contributed by atoms with Gasteiger partial charge in [0.1, 0.15) is 0 Å². The molecule has 178 valence electrons. The summed E-state index contributed by atoms with van der Waals surface area (Å²) < 4.78 is 8.53. The molecule has 4 aromatic heterocycles. The maximum absolute atomic E-state index is 13.9. The SMILES string of the molecule is CC(C(=O)N[C@H]1CCCNC1)(c1ccccc1)n1ncc2c1nc(N)n1nc(-c3ccco3)nc21. The average Bonchev–Trinajstić information content (AvgIpc) is 3.64. The predicted octanol–water partition coefficient (Wildman–Crippen LogP) is 1.95. The van der Waals surface area contributed by atoms with Crippen molar-refractivity contribution >= 4 is 28.5 Å². The molecule has 5 heterocycles. The highest BCUT2D eigenvalue weighted by molar-refractivity contribution is 5.94. The van der Waals surface area contributed by atoms with Crippen molar-refractivity contribution in [2.24, 2.45) is 0 Å². The Hall–Kier alpha value is -4.25. The minimum absolute atomic E-state index is 0.0400. The number of fused-ring (bicyclic) bond motifs is 3. The maximum atomic E-state index is 13.9. The van der Waals surface area contributed by atoms with Crippen molar-refractivity contribution in [1.82, 2.24) is 40.0 Å². The second-order valence-corrected chi connectivity index (χ2v) is 8.87. The molecule has 2 atom stereocenters. The predicted molar refractivity (Wildman–Crippen MR) is 129 cm³/mol. The van der Waals surface area contributed by atoms with E-state index in [9.17, 15) is 4.79 Å². The first-order valence-corrected chi connectivity index (χ1v) is 11.6. The Kier molecular flexibility index (Phi) is 4.99. The maximum Gasteiger partial charge on any atom is 0.252 e. The van der Waals surface area contributed by atoms with Crippen molar-refractivity contribution in [3.8, 4) is 11.6 Å². The molecule has 11 heteroatoms. The average molecular weight is 472 g/mol. The molecule has 0 radical (unpaired) electrons. The van der Waals surface area contributed by atoms with E-state index in [4.69, 9.17) is 10.2 Å². The monoisotopic (exact) mass is 471 g/mol. The minimum Gasteiger partial charge on any atom is -0.461 e. The third-order valence-corrected chi connectivity index (χ3v) is 6.60. The molecule has 1 aliphatic heterocycles. The van der Waals surface area contributed by atoms with Crippen LogP contribution in [0.2, 0.25) is 0 Å². The van der Waals surface area contributed by atoms with Crippen LogP contribution >= 0.6 is 0 Å². The molecular formula is C24H25N9O2. The first-order valence-electron chi connectivity index (χ1n) is 11.6. The number of nitrogens with two attached hydrogens (primary N) is 1. The Morgan fingerprint density at radius 2 is 2.06 bits per heavy atom. The van der Waals surface area contributed by atoms with E-state index in [1.807, 2.05) is 37.3 Å². The lowest BCUT2D eigenvalue weighted by Crippen LogP contribution is -2.54. The number of aromatic nitrogens is 6. The van der Waals surface area contributed by atoms with Crippen LogP contribution in [-0.4, -0.2) is 54.4 Å². The van der Waals surface area contributed by atoms with E-state index in [2.05, 4.69) is 30.8 Å². The zero-order valence-corrected chi connectivity index (χ0v) is 19.2. The molecule has 0 bridgehead atoms. The van der Waals surface area contributed by atoms with E-state index >= 15 is 0 Å². The summed E-state index contributed by atoms with van der Waals surface area (Å²) in [7, 11) is 0. The molecule has 1 amide bonds. The number of piperidine rings is 1. The molecule has 6 rings (SSSR count). The Bertz CT molecular complexity index is 1500. The molecule has 1 aromatic carbocycles. The number of furan rings is 1. The van der Waals surface area contributed by atoms with Gasteiger partial charge in [0.25, 0.3) is 5.91 Å². The van der Waals surface area contributed by atoms with Crippen molar-refractivity contribution in [2.75, 3.05) is 18.8 Å². The topological polar surface area (TPSA) is 141 Å². The number of hydrogen-bond acceptors (Lipinski definition) is 8. The first-order chi connectivity index (χ1) is 17.1. The van der Waals surface area contributed by atoms with Crippen molar-refractivity contribution in [3.63, 3.8) is 0 Å². The Morgan fingerprint density at radius 1 is 1.20 bits per heavy atom. The van der Waals surface area contributed by atoms with E-state index in [1.165, 1.54) is 4.52 Å². The van der Waals surface area contributed by atoms with Gasteiger partial charge in [-0.2, -0.15) is 14.6 Å². The molecule has 4 N–H and O–H groups in total. The van der Waals surface area contributed by atoms with Crippen LogP contribution in [0.1, 0.15) is 25.3 Å². The van der Waals surface area contributed by atoms with Crippen molar-refractivity contribution in [2.45, 2.75) is 31.3 Å². The van der Waals surface area contributed by atoms with Crippen LogP contribution < -0.4 is 16.4 Å². The van der Waals surface area contributed by atoms with Gasteiger partial charge in [0.2, 0.25) is 11.8 Å². The lowest BCUT2D eigenvalue weighted by atomic mass is 9.90. The summed E-state index contributed by atoms with van der Waals surface area (Å²) in [4.78, 5) is 23.1. The number of carbonyl (C=O) groups excluding carboxylic acids is 1. The third-order valence-electron chi connectivity index (χ3n) is 6.60. The lowest BCUT2D eigenvalue weighted by Gasteiger charge is -2.33. The second-order valence-electron chi connectivity index (χ2n) is 8.87. The highest BCUT2D eigenvalue weighted by Gasteiger charge is 2.41. The van der Waals surface area contributed by atoms with Gasteiger partial charge < -0.3 is 20.8 Å². The minimum atomic E-state index is -1.18. The highest BCUT2D eigenvalue weighted by atomic mass is 16.3. The number of nitrogens with one attached hydrogen (secondary N) is 2. The molecule has 0 saturated carbocycles. The van der Waals surface area contributed by atoms with E-state index in [1.54, 1.807) is 29.3 Å². The summed E-state index contributed by atoms with van der Waals surface area (Å²) in [6.07, 6.45) is 5.14. The van der Waals surface area contributed by atoms with Crippen molar-refractivity contribution in [3.05, 3.63) is 60.5 Å². The lowest BCUT2D eigenvalue weighted by molar-refractivity contribution is -0.128. The van der Waals surface area contributed by atoms with Gasteiger partial charge in [-0.25, -0.2) is 9.67 Å². The van der Waals surface area contributed by atoms with E-state index in [0.717, 1.165) is 31.5 Å². The van der Waals surface area contributed by atoms with E-state index < -0.39 is 5.54 Å². The molecule has 0 spiro atoms. The van der Waals surface area contributed by atoms with Crippen LogP contribution in [-0.2, 0) is 10.3 Å². The number of hydrogen-bond donors (Lipinski definition) is 3. The number of anilines is 1. The molecular weight excluding hydrogens is 446 g/mol. The van der Waals surface area contributed by atoms with Crippen LogP contribution in [0.25, 0.3) is 28.3 Å². The summed E-state index contributed by atoms with van der Waals surface area (Å²) in [6.45, 7) is 3.54. The fourth-order valence-electron chi connectivity index (χ4n) is 4.66. The van der Waals surface area contributed by atoms with Gasteiger partial charge in [-0.1, -0.05) is 30.3 Å². The fourth-order valence-corrected chi connectivity index (χ4v) is 4.66. The van der Waals surface area contributed by atoms with Crippen LogP contribution in [0, 0.1) is 0 Å². The van der Waals surface area contributed by atoms with E-state index in [-0.39, 0.29) is 17.9 Å². The third kappa shape index (κ3) is 3.43. The van der Waals surface area contributed by atoms with Gasteiger partial charge in [0, 0.05) is 12.6 Å². The number of carbonyl (C=O) groups is 1. The quantitative estimate of drug-likeness (QED) is 0.353. The number of nitrogens with zero attached hydrogens (tertiary/aromatic N) is 6. The molecule has 1 fully saturated rings. The smallest absolute Gasteiger partial charge is 0.252 e. The molecule has 1 saturated heterocycles. The Balaban J connectivity index is 1.51. The van der Waals surface area contributed by atoms with Crippen LogP contribution in [0.4, 0.5) is 5.95 Å². The Morgan fingerprint density at radius 3 is 2.80 bits per heavy atom. The molecule has 1 aliphatic rings. The fraction of sp³-hybridized carbons (Fsp3) is 0.292. The zero-order valence-electron chi connectivity index (χ0n) is 19.2. The van der Waals surface area contributed by atoms with Crippen LogP contribution in [0.15, 0.2) is 59.3 Å². The van der Waals surface area contributed by atoms with Gasteiger partial charge in [0.05, 0.1) is 17.8 Å². The Labute approximate surface area is 200 Å². The number of benzene rings is 1. The van der Waals surface area contributed by atoms with Gasteiger partial charge in [0.15, 0.2) is 22.6 Å². The highest BCUT2D eigenvalue weighted by Crippen LogP contribution is 2.32. The molecule has 0 aliphatic carbocycles. The molecule has 5 aromatic rings. The van der Waals surface area contributed by atoms with Crippen molar-refractivity contribution < 1.29 is 9.21 Å². The molecule has 35 heavy (non-hydrogen) atoms. The summed E-state index contributed by atoms with van der Waals surface area (Å²) in [5.74, 6) is 0.868. The van der Waals surface area contributed by atoms with Gasteiger partial charge >= 0.3 is 0 Å².